The third kappa shape index (κ3) is 3.55. The maximum Gasteiger partial charge on any atom is 0.213 e. The van der Waals surface area contributed by atoms with Crippen molar-refractivity contribution in [2.75, 3.05) is 6.54 Å². The predicted molar refractivity (Wildman–Crippen MR) is 77.4 cm³/mol. The Labute approximate surface area is 115 Å². The lowest BCUT2D eigenvalue weighted by atomic mass is 9.94. The van der Waals surface area contributed by atoms with Crippen LogP contribution in [0, 0.1) is 0 Å². The fourth-order valence-corrected chi connectivity index (χ4v) is 3.30. The zero-order chi connectivity index (χ0) is 14.0. The number of benzene rings is 1. The maximum absolute atomic E-state index is 11.3. The monoisotopic (exact) mass is 282 g/mol. The third-order valence-corrected chi connectivity index (χ3v) is 5.17. The summed E-state index contributed by atoms with van der Waals surface area (Å²) in [5.41, 5.74) is 2.54. The van der Waals surface area contributed by atoms with E-state index in [4.69, 9.17) is 5.14 Å². The van der Waals surface area contributed by atoms with Gasteiger partial charge in [0.2, 0.25) is 10.0 Å². The molecule has 0 aromatic heterocycles. The Balaban J connectivity index is 2.02. The van der Waals surface area contributed by atoms with E-state index in [1.807, 2.05) is 0 Å². The molecule has 106 valence electrons. The van der Waals surface area contributed by atoms with E-state index in [0.29, 0.717) is 18.9 Å². The summed E-state index contributed by atoms with van der Waals surface area (Å²) in [5, 5.41) is 8.02. The Kier molecular flexibility index (Phi) is 4.28. The summed E-state index contributed by atoms with van der Waals surface area (Å²) in [6, 6.07) is 8.79. The quantitative estimate of drug-likeness (QED) is 0.889. The largest absolute Gasteiger partial charge is 0.309 e. The van der Waals surface area contributed by atoms with Crippen LogP contribution in [0.1, 0.15) is 49.8 Å². The molecule has 1 saturated heterocycles. The van der Waals surface area contributed by atoms with Gasteiger partial charge >= 0.3 is 0 Å². The molecule has 2 rings (SSSR count). The van der Waals surface area contributed by atoms with Gasteiger partial charge in [0.25, 0.3) is 0 Å². The molecule has 5 heteroatoms. The van der Waals surface area contributed by atoms with Crippen LogP contribution in [0.3, 0.4) is 0 Å². The van der Waals surface area contributed by atoms with Gasteiger partial charge in [-0.2, -0.15) is 0 Å². The van der Waals surface area contributed by atoms with Crippen molar-refractivity contribution in [3.05, 3.63) is 35.4 Å². The molecule has 1 heterocycles. The van der Waals surface area contributed by atoms with Crippen LogP contribution in [0.2, 0.25) is 0 Å². The highest BCUT2D eigenvalue weighted by atomic mass is 32.2. The second-order valence-electron chi connectivity index (χ2n) is 5.57. The fraction of sp³-hybridized carbons (Fsp3) is 0.571. The summed E-state index contributed by atoms with van der Waals surface area (Å²) in [7, 11) is -3.41. The zero-order valence-corrected chi connectivity index (χ0v) is 12.3. The molecule has 0 aliphatic carbocycles. The van der Waals surface area contributed by atoms with Gasteiger partial charge in [-0.3, -0.25) is 0 Å². The first kappa shape index (κ1) is 14.5. The number of hydrogen-bond donors (Lipinski definition) is 2. The Morgan fingerprint density at radius 1 is 1.21 bits per heavy atom. The number of rotatable bonds is 3. The van der Waals surface area contributed by atoms with Crippen LogP contribution in [0.25, 0.3) is 0 Å². The summed E-state index contributed by atoms with van der Waals surface area (Å²) >= 11 is 0. The molecule has 3 N–H and O–H groups in total. The number of piperidine rings is 1. The van der Waals surface area contributed by atoms with Gasteiger partial charge in [0.15, 0.2) is 0 Å². The van der Waals surface area contributed by atoms with E-state index in [9.17, 15) is 8.42 Å². The van der Waals surface area contributed by atoms with Crippen LogP contribution in [-0.4, -0.2) is 20.2 Å². The van der Waals surface area contributed by atoms with Crippen molar-refractivity contribution >= 4 is 10.0 Å². The molecule has 0 amide bonds. The molecule has 0 saturated carbocycles. The highest BCUT2D eigenvalue weighted by Gasteiger charge is 2.28. The van der Waals surface area contributed by atoms with E-state index in [-0.39, 0.29) is 6.04 Å². The van der Waals surface area contributed by atoms with Crippen LogP contribution < -0.4 is 10.5 Å². The van der Waals surface area contributed by atoms with Crippen molar-refractivity contribution in [1.29, 1.82) is 0 Å². The molecule has 1 aromatic rings. The molecule has 4 nitrogen and oxygen atoms in total. The lowest BCUT2D eigenvalue weighted by Crippen LogP contribution is -2.43. The highest BCUT2D eigenvalue weighted by Crippen LogP contribution is 2.26. The molecule has 19 heavy (non-hydrogen) atoms. The molecule has 0 bridgehead atoms. The second-order valence-corrected chi connectivity index (χ2v) is 7.42. The minimum Gasteiger partial charge on any atom is -0.309 e. The van der Waals surface area contributed by atoms with Gasteiger partial charge in [0.05, 0.1) is 5.25 Å². The normalized spacial score (nSPS) is 24.6. The maximum atomic E-state index is 11.3. The highest BCUT2D eigenvalue weighted by molar-refractivity contribution is 7.89. The summed E-state index contributed by atoms with van der Waals surface area (Å²) in [6.07, 6.45) is 1.44. The molecule has 2 unspecified atom stereocenters. The Morgan fingerprint density at radius 3 is 2.26 bits per heavy atom. The Hall–Kier alpha value is -0.910. The summed E-state index contributed by atoms with van der Waals surface area (Å²) in [4.78, 5) is 0. The summed E-state index contributed by atoms with van der Waals surface area (Å²) in [6.45, 7) is 4.78. The van der Waals surface area contributed by atoms with Gasteiger partial charge in [0.1, 0.15) is 0 Å². The smallest absolute Gasteiger partial charge is 0.213 e. The van der Waals surface area contributed by atoms with Crippen molar-refractivity contribution in [3.63, 3.8) is 0 Å². The van der Waals surface area contributed by atoms with Gasteiger partial charge in [-0.15, -0.1) is 0 Å². The average Bonchev–Trinajstić information content (AvgIpc) is 2.38. The average molecular weight is 282 g/mol. The van der Waals surface area contributed by atoms with E-state index in [1.54, 1.807) is 0 Å². The van der Waals surface area contributed by atoms with E-state index in [0.717, 1.165) is 6.42 Å². The minimum absolute atomic E-state index is 0.235. The minimum atomic E-state index is -3.41. The number of nitrogens with two attached hydrogens (primary N) is 1. The molecule has 2 atom stereocenters. The molecular weight excluding hydrogens is 260 g/mol. The molecule has 1 aliphatic heterocycles. The lowest BCUT2D eigenvalue weighted by Gasteiger charge is -2.29. The van der Waals surface area contributed by atoms with Gasteiger partial charge < -0.3 is 5.32 Å². The zero-order valence-electron chi connectivity index (χ0n) is 11.5. The van der Waals surface area contributed by atoms with Crippen molar-refractivity contribution in [2.24, 2.45) is 5.14 Å². The number of hydrogen-bond acceptors (Lipinski definition) is 3. The van der Waals surface area contributed by atoms with Gasteiger partial charge in [0, 0.05) is 12.6 Å². The molecule has 1 aliphatic rings. The van der Waals surface area contributed by atoms with Crippen LogP contribution >= 0.6 is 0 Å². The predicted octanol–water partition coefficient (Wildman–Crippen LogP) is 1.89. The van der Waals surface area contributed by atoms with Crippen LogP contribution in [0.15, 0.2) is 24.3 Å². The lowest BCUT2D eigenvalue weighted by molar-refractivity contribution is 0.408. The van der Waals surface area contributed by atoms with Crippen molar-refractivity contribution in [3.8, 4) is 0 Å². The molecule has 1 fully saturated rings. The Morgan fingerprint density at radius 2 is 1.84 bits per heavy atom. The van der Waals surface area contributed by atoms with Gasteiger partial charge in [-0.25, -0.2) is 13.6 Å². The second kappa shape index (κ2) is 5.61. The fourth-order valence-electron chi connectivity index (χ4n) is 2.51. The molecule has 1 aromatic carbocycles. The van der Waals surface area contributed by atoms with E-state index in [1.165, 1.54) is 11.1 Å². The van der Waals surface area contributed by atoms with Crippen LogP contribution in [0.4, 0.5) is 0 Å². The van der Waals surface area contributed by atoms with E-state index < -0.39 is 15.3 Å². The standard InChI is InChI=1S/C14H22N2O2S/c1-10(2)11-3-5-12(6-4-11)14-8-7-13(9-16-14)19(15,17)18/h3-6,10,13-14,16H,7-9H2,1-2H3,(H2,15,17,18). The topological polar surface area (TPSA) is 72.2 Å². The number of nitrogens with one attached hydrogen (secondary N) is 1. The van der Waals surface area contributed by atoms with Crippen molar-refractivity contribution in [2.45, 2.75) is 43.9 Å². The summed E-state index contributed by atoms with van der Waals surface area (Å²) < 4.78 is 22.6. The summed E-state index contributed by atoms with van der Waals surface area (Å²) in [5.74, 6) is 0.528. The molecular formula is C14H22N2O2S. The number of sulfonamides is 1. The van der Waals surface area contributed by atoms with E-state index in [2.05, 4.69) is 43.4 Å². The first-order valence-electron chi connectivity index (χ1n) is 6.73. The Bertz CT molecular complexity index is 515. The first-order valence-corrected chi connectivity index (χ1v) is 8.33. The number of primary sulfonamides is 1. The van der Waals surface area contributed by atoms with Crippen LogP contribution in [0.5, 0.6) is 0 Å². The van der Waals surface area contributed by atoms with Crippen molar-refractivity contribution in [1.82, 2.24) is 5.32 Å². The SMILES string of the molecule is CC(C)c1ccc(C2CCC(S(N)(=O)=O)CN2)cc1. The third-order valence-electron chi connectivity index (χ3n) is 3.84. The molecule has 0 radical (unpaired) electrons. The van der Waals surface area contributed by atoms with Crippen molar-refractivity contribution < 1.29 is 8.42 Å². The van der Waals surface area contributed by atoms with Gasteiger partial charge in [-0.1, -0.05) is 38.1 Å². The first-order chi connectivity index (χ1) is 8.88. The van der Waals surface area contributed by atoms with Gasteiger partial charge in [-0.05, 0) is 29.9 Å². The van der Waals surface area contributed by atoms with E-state index >= 15 is 0 Å². The van der Waals surface area contributed by atoms with Crippen LogP contribution in [-0.2, 0) is 10.0 Å². The molecule has 0 spiro atoms.